The van der Waals surface area contributed by atoms with E-state index in [2.05, 4.69) is 32.9 Å². The van der Waals surface area contributed by atoms with Crippen LogP contribution in [0.1, 0.15) is 28.5 Å². The number of halogens is 1. The van der Waals surface area contributed by atoms with Crippen molar-refractivity contribution in [3.8, 4) is 0 Å². The number of nitrogens with one attached hydrogen (secondary N) is 2. The molecular formula is C27H21IN4O3. The van der Waals surface area contributed by atoms with Gasteiger partial charge in [0.25, 0.3) is 11.8 Å². The number of aromatic nitrogens is 1. The number of H-pyrrole nitrogens is 1. The number of anilines is 2. The van der Waals surface area contributed by atoms with Gasteiger partial charge in [0.2, 0.25) is 0 Å². The third-order valence-corrected chi connectivity index (χ3v) is 7.61. The third-order valence-electron chi connectivity index (χ3n) is 6.94. The first-order chi connectivity index (χ1) is 16.9. The summed E-state index contributed by atoms with van der Waals surface area (Å²) in [6.07, 6.45) is 0.680. The van der Waals surface area contributed by atoms with Gasteiger partial charge in [-0.15, -0.1) is 0 Å². The molecule has 0 bridgehead atoms. The lowest BCUT2D eigenvalue weighted by Gasteiger charge is -2.35. The summed E-state index contributed by atoms with van der Waals surface area (Å²) in [6.45, 7) is 2.27. The fourth-order valence-corrected chi connectivity index (χ4v) is 5.69. The van der Waals surface area contributed by atoms with E-state index in [-0.39, 0.29) is 17.8 Å². The largest absolute Gasteiger partial charge is 0.356 e. The van der Waals surface area contributed by atoms with Crippen LogP contribution in [0.2, 0.25) is 0 Å². The van der Waals surface area contributed by atoms with Gasteiger partial charge >= 0.3 is 6.03 Å². The molecule has 6 rings (SSSR count). The number of hydrogen-bond donors (Lipinski definition) is 2. The Kier molecular flexibility index (Phi) is 4.96. The molecule has 1 saturated heterocycles. The number of fused-ring (bicyclic) bond motifs is 5. The van der Waals surface area contributed by atoms with Gasteiger partial charge < -0.3 is 15.2 Å². The van der Waals surface area contributed by atoms with Gasteiger partial charge in [0.15, 0.2) is 5.54 Å². The molecule has 174 valence electrons. The van der Waals surface area contributed by atoms with Crippen molar-refractivity contribution in [2.24, 2.45) is 0 Å². The number of benzene rings is 3. The maximum atomic E-state index is 13.8. The van der Waals surface area contributed by atoms with Crippen molar-refractivity contribution in [3.63, 3.8) is 0 Å². The predicted octanol–water partition coefficient (Wildman–Crippen LogP) is 5.26. The summed E-state index contributed by atoms with van der Waals surface area (Å²) in [5, 5.41) is 3.96. The summed E-state index contributed by atoms with van der Waals surface area (Å²) in [5.74, 6) is -0.559. The molecule has 3 aromatic carbocycles. The monoisotopic (exact) mass is 576 g/mol. The molecule has 2 aliphatic heterocycles. The molecule has 0 spiro atoms. The van der Waals surface area contributed by atoms with Crippen molar-refractivity contribution < 1.29 is 14.4 Å². The molecule has 1 aromatic heterocycles. The van der Waals surface area contributed by atoms with Crippen molar-refractivity contribution in [1.82, 2.24) is 9.88 Å². The van der Waals surface area contributed by atoms with Gasteiger partial charge in [0.1, 0.15) is 0 Å². The molecule has 4 amide bonds. The first-order valence-corrected chi connectivity index (χ1v) is 12.4. The molecule has 0 saturated carbocycles. The van der Waals surface area contributed by atoms with Crippen molar-refractivity contribution in [1.29, 1.82) is 0 Å². The van der Waals surface area contributed by atoms with Crippen molar-refractivity contribution in [3.05, 3.63) is 93.2 Å². The Morgan fingerprint density at radius 1 is 1.03 bits per heavy atom. The zero-order valence-electron chi connectivity index (χ0n) is 18.8. The van der Waals surface area contributed by atoms with E-state index in [9.17, 15) is 14.4 Å². The van der Waals surface area contributed by atoms with Crippen LogP contribution >= 0.6 is 22.6 Å². The molecule has 8 heteroatoms. The molecule has 1 unspecified atom stereocenters. The second kappa shape index (κ2) is 7.94. The Bertz CT molecular complexity index is 1530. The van der Waals surface area contributed by atoms with Gasteiger partial charge in [0.05, 0.1) is 11.4 Å². The lowest BCUT2D eigenvalue weighted by Crippen LogP contribution is -2.49. The third kappa shape index (κ3) is 3.27. The van der Waals surface area contributed by atoms with Crippen LogP contribution in [0.4, 0.5) is 16.2 Å². The fraction of sp³-hybridized carbons (Fsp3) is 0.148. The minimum atomic E-state index is -1.11. The number of hydrogen-bond acceptors (Lipinski definition) is 3. The molecule has 3 heterocycles. The quantitative estimate of drug-likeness (QED) is 0.258. The Morgan fingerprint density at radius 3 is 2.57 bits per heavy atom. The maximum Gasteiger partial charge on any atom is 0.332 e. The molecule has 4 aromatic rings. The van der Waals surface area contributed by atoms with Crippen LogP contribution in [-0.2, 0) is 16.8 Å². The van der Waals surface area contributed by atoms with E-state index in [1.54, 1.807) is 29.2 Å². The number of imide groups is 1. The van der Waals surface area contributed by atoms with Crippen molar-refractivity contribution in [2.75, 3.05) is 16.8 Å². The Hall–Kier alpha value is -3.66. The summed E-state index contributed by atoms with van der Waals surface area (Å²) in [7, 11) is 0. The molecule has 1 atom stereocenters. The number of carbonyl (C=O) groups is 3. The van der Waals surface area contributed by atoms with E-state index in [1.165, 1.54) is 4.90 Å². The van der Waals surface area contributed by atoms with E-state index in [4.69, 9.17) is 0 Å². The minimum absolute atomic E-state index is 0.260. The van der Waals surface area contributed by atoms with Gasteiger partial charge in [-0.2, -0.15) is 0 Å². The first kappa shape index (κ1) is 21.8. The number of rotatable bonds is 3. The van der Waals surface area contributed by atoms with Gasteiger partial charge in [0, 0.05) is 32.3 Å². The number of nitrogens with zero attached hydrogens (tertiary/aromatic N) is 2. The van der Waals surface area contributed by atoms with Crippen molar-refractivity contribution in [2.45, 2.75) is 18.9 Å². The number of amides is 4. The van der Waals surface area contributed by atoms with E-state index in [0.29, 0.717) is 29.9 Å². The molecule has 0 radical (unpaired) electrons. The predicted molar refractivity (Wildman–Crippen MR) is 142 cm³/mol. The molecule has 35 heavy (non-hydrogen) atoms. The van der Waals surface area contributed by atoms with Crippen LogP contribution < -0.4 is 10.2 Å². The summed E-state index contributed by atoms with van der Waals surface area (Å²) < 4.78 is 1.02. The maximum absolute atomic E-state index is 13.8. The second-order valence-corrected chi connectivity index (χ2v) is 10.2. The summed E-state index contributed by atoms with van der Waals surface area (Å²) >= 11 is 2.19. The lowest BCUT2D eigenvalue weighted by molar-refractivity contribution is -0.125. The highest BCUT2D eigenvalue weighted by atomic mass is 127. The first-order valence-electron chi connectivity index (χ1n) is 11.3. The van der Waals surface area contributed by atoms with Crippen LogP contribution in [0.25, 0.3) is 10.9 Å². The van der Waals surface area contributed by atoms with Gasteiger partial charge in [-0.05, 0) is 90.0 Å². The Labute approximate surface area is 215 Å². The molecule has 2 N–H and O–H groups in total. The fourth-order valence-electron chi connectivity index (χ4n) is 5.15. The van der Waals surface area contributed by atoms with E-state index in [0.717, 1.165) is 25.7 Å². The average Bonchev–Trinajstić information content (AvgIpc) is 3.33. The molecule has 1 fully saturated rings. The highest BCUT2D eigenvalue weighted by molar-refractivity contribution is 14.1. The number of carbonyl (C=O) groups excluding carboxylic acids is 3. The zero-order chi connectivity index (χ0) is 24.3. The number of aromatic amines is 1. The van der Waals surface area contributed by atoms with Crippen LogP contribution in [0.5, 0.6) is 0 Å². The van der Waals surface area contributed by atoms with E-state index in [1.807, 2.05) is 55.5 Å². The highest BCUT2D eigenvalue weighted by Crippen LogP contribution is 2.45. The number of para-hydroxylation sites is 1. The van der Waals surface area contributed by atoms with Crippen LogP contribution in [-0.4, -0.2) is 34.3 Å². The van der Waals surface area contributed by atoms with E-state index >= 15 is 0 Å². The van der Waals surface area contributed by atoms with E-state index < -0.39 is 5.54 Å². The minimum Gasteiger partial charge on any atom is -0.356 e. The lowest BCUT2D eigenvalue weighted by atomic mass is 9.87. The van der Waals surface area contributed by atoms with Crippen LogP contribution in [0, 0.1) is 3.57 Å². The standard InChI is InChI=1S/C27H21IN4O3/c1-27-23-21(20-7-2-3-8-22(20)30-23)13-14-31(27)26(35)32(25(27)34)19-11-9-16(10-12-19)24(33)29-18-6-4-5-17(28)15-18/h2-12,15,30H,13-14H2,1H3,(H,29,33). The van der Waals surface area contributed by atoms with Gasteiger partial charge in [-0.25, -0.2) is 9.69 Å². The molecule has 7 nitrogen and oxygen atoms in total. The average molecular weight is 576 g/mol. The topological polar surface area (TPSA) is 85.5 Å². The highest BCUT2D eigenvalue weighted by Gasteiger charge is 2.58. The Balaban J connectivity index is 1.31. The van der Waals surface area contributed by atoms with Crippen LogP contribution in [0.15, 0.2) is 72.8 Å². The molecule has 0 aliphatic carbocycles. The van der Waals surface area contributed by atoms with Gasteiger partial charge in [-0.1, -0.05) is 24.3 Å². The SMILES string of the molecule is CC12C(=O)N(c3ccc(C(=O)Nc4cccc(I)c4)cc3)C(=O)N1CCc1c2[nH]c2ccccc12. The summed E-state index contributed by atoms with van der Waals surface area (Å²) in [4.78, 5) is 46.1. The zero-order valence-corrected chi connectivity index (χ0v) is 21.0. The summed E-state index contributed by atoms with van der Waals surface area (Å²) in [5.41, 5.74) is 3.30. The van der Waals surface area contributed by atoms with Crippen molar-refractivity contribution >= 4 is 62.7 Å². The smallest absolute Gasteiger partial charge is 0.332 e. The number of urea groups is 1. The Morgan fingerprint density at radius 2 is 1.80 bits per heavy atom. The van der Waals surface area contributed by atoms with Crippen LogP contribution in [0.3, 0.4) is 0 Å². The normalized spacial score (nSPS) is 19.1. The molecular weight excluding hydrogens is 555 g/mol. The van der Waals surface area contributed by atoms with Gasteiger partial charge in [-0.3, -0.25) is 9.59 Å². The summed E-state index contributed by atoms with van der Waals surface area (Å²) in [6, 6.07) is 21.7. The molecule has 2 aliphatic rings. The second-order valence-electron chi connectivity index (χ2n) is 8.93.